The predicted molar refractivity (Wildman–Crippen MR) is 275 cm³/mol. The minimum absolute atomic E-state index is 0.0286. The summed E-state index contributed by atoms with van der Waals surface area (Å²) >= 11 is 0. The Morgan fingerprint density at radius 3 is 2.21 bits per heavy atom. The van der Waals surface area contributed by atoms with Crippen LogP contribution in [-0.4, -0.2) is 114 Å². The van der Waals surface area contributed by atoms with Crippen molar-refractivity contribution in [1.29, 1.82) is 0 Å². The fourth-order valence-electron chi connectivity index (χ4n) is 12.4. The molecule has 0 aromatic heterocycles. The Hall–Kier alpha value is -7.15. The molecule has 0 spiro atoms. The number of hydrogen-bond acceptors (Lipinski definition) is 11. The van der Waals surface area contributed by atoms with E-state index in [-0.39, 0.29) is 37.4 Å². The molecular weight excluding hydrogens is 964 g/mol. The second-order valence-electron chi connectivity index (χ2n) is 20.8. The number of halogens is 1. The maximum absolute atomic E-state index is 17.6. The number of benzene rings is 3. The summed E-state index contributed by atoms with van der Waals surface area (Å²) in [5.74, 6) is -6.33. The van der Waals surface area contributed by atoms with Gasteiger partial charge in [-0.3, -0.25) is 38.4 Å². The van der Waals surface area contributed by atoms with Gasteiger partial charge in [-0.2, -0.15) is 0 Å². The molecule has 0 unspecified atom stereocenters. The summed E-state index contributed by atoms with van der Waals surface area (Å²) in [5.41, 5.74) is -1.74. The number of amides is 6. The summed E-state index contributed by atoms with van der Waals surface area (Å²) in [6.45, 7) is 2.82. The van der Waals surface area contributed by atoms with Crippen LogP contribution in [0.2, 0.25) is 0 Å². The number of para-hydroxylation sites is 1. The topological polar surface area (TPSA) is 250 Å². The number of rotatable bonds is 18. The lowest BCUT2D eigenvalue weighted by Crippen LogP contribution is -2.69. The van der Waals surface area contributed by atoms with Crippen molar-refractivity contribution in [2.24, 2.45) is 28.6 Å². The number of ether oxygens (including phenoxy) is 1. The number of ketones is 2. The van der Waals surface area contributed by atoms with Crippen LogP contribution in [0.25, 0.3) is 12.2 Å². The minimum atomic E-state index is -2.13. The van der Waals surface area contributed by atoms with E-state index in [9.17, 15) is 48.6 Å². The standard InChI is InChI=1S/C57H65FN6O11/c1-35-25-43-42-20-19-40-27-41(65)23-24-54(40,2)56(42,58)46(66)28-55(43,3)57(35,74)47(67)33-75-34-62-50(70)30-61-53(73)44(26-36-11-5-4-6-12-36)63-51(71)31-60-49(69)29-59-48(68)21-22-52(72)64-32-39-15-8-7-13-37(39)17-18-38-14-9-10-16-45(38)64/h4-18,23-24,27,35,42-44,46,66,74H,19-22,25-26,28-34H2,1-3H3,(H,59,68)(H,60,69)(H,61,73)(H,62,70)(H,63,71)/b18-17-/t35-,42+,43+,44+,46+,54+,55+,56+,57+/m1/s1. The van der Waals surface area contributed by atoms with Gasteiger partial charge in [0.15, 0.2) is 17.2 Å². The van der Waals surface area contributed by atoms with Crippen molar-refractivity contribution in [2.75, 3.05) is 37.9 Å². The lowest BCUT2D eigenvalue weighted by atomic mass is 9.44. The molecule has 5 aliphatic rings. The van der Waals surface area contributed by atoms with Gasteiger partial charge in [0.1, 0.15) is 25.0 Å². The maximum atomic E-state index is 17.6. The lowest BCUT2D eigenvalue weighted by molar-refractivity contribution is -0.220. The number of nitrogens with one attached hydrogen (secondary N) is 5. The Balaban J connectivity index is 0.771. The highest BCUT2D eigenvalue weighted by atomic mass is 19.1. The predicted octanol–water partition coefficient (Wildman–Crippen LogP) is 3.57. The van der Waals surface area contributed by atoms with E-state index in [0.29, 0.717) is 42.6 Å². The number of allylic oxidation sites excluding steroid dienone is 4. The van der Waals surface area contributed by atoms with Crippen molar-refractivity contribution in [3.8, 4) is 0 Å². The minimum Gasteiger partial charge on any atom is -0.390 e. The molecule has 1 heterocycles. The number of anilines is 1. The summed E-state index contributed by atoms with van der Waals surface area (Å²) in [6.07, 6.45) is 7.37. The van der Waals surface area contributed by atoms with Crippen LogP contribution in [-0.2, 0) is 56.1 Å². The van der Waals surface area contributed by atoms with Gasteiger partial charge in [0.05, 0.1) is 38.0 Å². The van der Waals surface area contributed by atoms with Gasteiger partial charge in [0, 0.05) is 36.0 Å². The number of hydrogen-bond donors (Lipinski definition) is 7. The first-order valence-electron chi connectivity index (χ1n) is 25.5. The largest absolute Gasteiger partial charge is 0.390 e. The third-order valence-corrected chi connectivity index (χ3v) is 16.4. The zero-order valence-corrected chi connectivity index (χ0v) is 42.4. The molecule has 3 fully saturated rings. The molecule has 4 aliphatic carbocycles. The summed E-state index contributed by atoms with van der Waals surface area (Å²) in [6, 6.07) is 22.8. The molecule has 8 rings (SSSR count). The average molecular weight is 1030 g/mol. The fourth-order valence-corrected chi connectivity index (χ4v) is 12.4. The second-order valence-corrected chi connectivity index (χ2v) is 20.8. The normalized spacial score (nSPS) is 27.9. The Morgan fingerprint density at radius 1 is 0.787 bits per heavy atom. The highest BCUT2D eigenvalue weighted by molar-refractivity contribution is 6.01. The fraction of sp³-hybridized carbons (Fsp3) is 0.439. The van der Waals surface area contributed by atoms with Gasteiger partial charge in [-0.15, -0.1) is 0 Å². The van der Waals surface area contributed by atoms with Crippen LogP contribution in [0.3, 0.4) is 0 Å². The van der Waals surface area contributed by atoms with Gasteiger partial charge in [-0.05, 0) is 84.9 Å². The molecule has 1 aliphatic heterocycles. The molecule has 0 saturated heterocycles. The molecule has 6 amide bonds. The van der Waals surface area contributed by atoms with Crippen molar-refractivity contribution in [3.63, 3.8) is 0 Å². The van der Waals surface area contributed by atoms with Gasteiger partial charge < -0.3 is 46.4 Å². The first kappa shape index (κ1) is 54.1. The summed E-state index contributed by atoms with van der Waals surface area (Å²) in [4.78, 5) is 106. The zero-order valence-electron chi connectivity index (χ0n) is 42.4. The Bertz CT molecular complexity index is 2840. The zero-order chi connectivity index (χ0) is 53.7. The van der Waals surface area contributed by atoms with Gasteiger partial charge in [-0.1, -0.05) is 110 Å². The van der Waals surface area contributed by atoms with Gasteiger partial charge in [0.2, 0.25) is 35.4 Å². The monoisotopic (exact) mass is 1030 g/mol. The highest BCUT2D eigenvalue weighted by Gasteiger charge is 2.75. The van der Waals surface area contributed by atoms with E-state index < -0.39 is 120 Å². The second kappa shape index (κ2) is 22.4. The van der Waals surface area contributed by atoms with Crippen LogP contribution in [0.4, 0.5) is 10.1 Å². The molecule has 0 radical (unpaired) electrons. The first-order valence-corrected chi connectivity index (χ1v) is 25.5. The number of nitrogens with zero attached hydrogens (tertiary/aromatic N) is 1. The molecule has 0 bridgehead atoms. The third-order valence-electron chi connectivity index (χ3n) is 16.4. The molecule has 3 aromatic rings. The number of alkyl halides is 1. The van der Waals surface area contributed by atoms with E-state index in [1.54, 1.807) is 62.1 Å². The maximum Gasteiger partial charge on any atom is 0.243 e. The van der Waals surface area contributed by atoms with Crippen molar-refractivity contribution >= 4 is 64.8 Å². The van der Waals surface area contributed by atoms with Crippen LogP contribution in [0.1, 0.15) is 81.5 Å². The van der Waals surface area contributed by atoms with Gasteiger partial charge in [0.25, 0.3) is 0 Å². The van der Waals surface area contributed by atoms with Crippen LogP contribution in [0.5, 0.6) is 0 Å². The number of aliphatic hydroxyl groups is 2. The van der Waals surface area contributed by atoms with Crippen LogP contribution in [0.15, 0.2) is 103 Å². The third kappa shape index (κ3) is 10.9. The smallest absolute Gasteiger partial charge is 0.243 e. The number of Topliss-reactive ketones (excluding diaryl/α,β-unsaturated/α-hetero) is 1. The average Bonchev–Trinajstić information content (AvgIpc) is 3.69. The number of carbonyl (C=O) groups is 8. The molecule has 9 atom stereocenters. The molecule has 18 heteroatoms. The number of carbonyl (C=O) groups excluding carboxylic acids is 8. The highest BCUT2D eigenvalue weighted by Crippen LogP contribution is 2.70. The van der Waals surface area contributed by atoms with Crippen molar-refractivity contribution < 1.29 is 57.7 Å². The first-order chi connectivity index (χ1) is 35.8. The van der Waals surface area contributed by atoms with Crippen molar-refractivity contribution in [1.82, 2.24) is 26.6 Å². The van der Waals surface area contributed by atoms with Crippen LogP contribution in [0, 0.1) is 28.6 Å². The molecule has 3 saturated carbocycles. The lowest BCUT2D eigenvalue weighted by Gasteiger charge is -2.62. The van der Waals surface area contributed by atoms with E-state index in [2.05, 4.69) is 26.6 Å². The van der Waals surface area contributed by atoms with E-state index >= 15 is 4.39 Å². The van der Waals surface area contributed by atoms with E-state index in [1.165, 1.54) is 12.2 Å². The number of fused-ring (bicyclic) bond motifs is 7. The van der Waals surface area contributed by atoms with Crippen molar-refractivity contribution in [3.05, 3.63) is 125 Å². The quantitative estimate of drug-likeness (QED) is 0.0717. The summed E-state index contributed by atoms with van der Waals surface area (Å²) < 4.78 is 23.1. The molecule has 3 aromatic carbocycles. The van der Waals surface area contributed by atoms with Crippen LogP contribution >= 0.6 is 0 Å². The Labute approximate surface area is 434 Å². The van der Waals surface area contributed by atoms with E-state index in [0.717, 1.165) is 16.7 Å². The van der Waals surface area contributed by atoms with E-state index in [1.807, 2.05) is 60.7 Å². The SMILES string of the molecule is C[C@@H]1C[C@H]2[C@@H]3CCC4=CC(=O)C=C[C@]4(C)[C@@]3(F)[C@@H](O)C[C@]2(C)[C@@]1(O)C(=O)COCNC(=O)CNC(=O)[C@H](Cc1ccccc1)NC(=O)CNC(=O)CNC(=O)CCC(=O)N1Cc2ccccc2/C=C\c2ccccc21. The van der Waals surface area contributed by atoms with E-state index in [4.69, 9.17) is 4.74 Å². The Morgan fingerprint density at radius 2 is 1.44 bits per heavy atom. The Kier molecular flexibility index (Phi) is 16.1. The van der Waals surface area contributed by atoms with Gasteiger partial charge in [-0.25, -0.2) is 4.39 Å². The summed E-state index contributed by atoms with van der Waals surface area (Å²) in [7, 11) is 0. The van der Waals surface area contributed by atoms with Crippen LogP contribution < -0.4 is 31.5 Å². The molecule has 17 nitrogen and oxygen atoms in total. The van der Waals surface area contributed by atoms with Gasteiger partial charge >= 0.3 is 0 Å². The van der Waals surface area contributed by atoms with Crippen molar-refractivity contribution in [2.45, 2.75) is 95.7 Å². The molecular formula is C57H65FN6O11. The summed E-state index contributed by atoms with van der Waals surface area (Å²) in [5, 5.41) is 36.3. The molecule has 75 heavy (non-hydrogen) atoms. The molecule has 7 N–H and O–H groups in total. The molecule has 396 valence electrons. The number of aliphatic hydroxyl groups excluding tert-OH is 1.